The highest BCUT2D eigenvalue weighted by Crippen LogP contribution is 2.45. The molecule has 1 unspecified atom stereocenters. The molecule has 2 fully saturated rings. The molecule has 1 saturated heterocycles. The highest BCUT2D eigenvalue weighted by molar-refractivity contribution is 9.10. The Morgan fingerprint density at radius 2 is 1.76 bits per heavy atom. The summed E-state index contributed by atoms with van der Waals surface area (Å²) in [6, 6.07) is 6.24. The summed E-state index contributed by atoms with van der Waals surface area (Å²) in [5.41, 5.74) is 2.90. The fraction of sp³-hybridized carbons (Fsp3) is 0.667. The molecule has 1 aromatic carbocycles. The Kier molecular flexibility index (Phi) is 4.60. The molecular weight excluding hydrogens is 326 g/mol. The summed E-state index contributed by atoms with van der Waals surface area (Å²) < 4.78 is 1.10. The van der Waals surface area contributed by atoms with E-state index in [0.29, 0.717) is 5.41 Å². The molecule has 1 heterocycles. The first-order chi connectivity index (χ1) is 10.1. The van der Waals surface area contributed by atoms with Gasteiger partial charge in [0.05, 0.1) is 6.10 Å². The van der Waals surface area contributed by atoms with E-state index < -0.39 is 6.10 Å². The smallest absolute Gasteiger partial charge is 0.0782 e. The molecular formula is C18H26BrNO. The standard InChI is InChI=1S/C18H26BrNO/c1-14(21)16-6-5-15(19)13-17(16)20-11-9-18(10-12-20)7-3-2-4-8-18/h5-6,13-14,21H,2-4,7-12H2,1H3. The number of hydrogen-bond acceptors (Lipinski definition) is 2. The van der Waals surface area contributed by atoms with E-state index in [1.165, 1.54) is 50.6 Å². The molecule has 2 nitrogen and oxygen atoms in total. The Bertz CT molecular complexity index is 484. The van der Waals surface area contributed by atoms with E-state index in [0.717, 1.165) is 23.1 Å². The lowest BCUT2D eigenvalue weighted by Gasteiger charge is -2.45. The van der Waals surface area contributed by atoms with Gasteiger partial charge in [-0.25, -0.2) is 0 Å². The van der Waals surface area contributed by atoms with E-state index in [2.05, 4.69) is 33.0 Å². The maximum atomic E-state index is 10.0. The Labute approximate surface area is 136 Å². The number of benzene rings is 1. The van der Waals surface area contributed by atoms with Crippen molar-refractivity contribution in [1.29, 1.82) is 0 Å². The van der Waals surface area contributed by atoms with Crippen molar-refractivity contribution in [3.8, 4) is 0 Å². The van der Waals surface area contributed by atoms with E-state index in [9.17, 15) is 5.11 Å². The molecule has 0 amide bonds. The third-order valence-corrected chi connectivity index (χ3v) is 6.01. The number of aliphatic hydroxyl groups excluding tert-OH is 1. The maximum Gasteiger partial charge on any atom is 0.0782 e. The normalized spacial score (nSPS) is 23.3. The van der Waals surface area contributed by atoms with Crippen LogP contribution < -0.4 is 4.90 Å². The summed E-state index contributed by atoms with van der Waals surface area (Å²) in [5.74, 6) is 0. The molecule has 1 aliphatic carbocycles. The van der Waals surface area contributed by atoms with Crippen LogP contribution >= 0.6 is 15.9 Å². The van der Waals surface area contributed by atoms with Gasteiger partial charge < -0.3 is 10.0 Å². The van der Waals surface area contributed by atoms with Crippen molar-refractivity contribution in [2.24, 2.45) is 5.41 Å². The second-order valence-corrected chi connectivity index (χ2v) is 7.84. The molecule has 21 heavy (non-hydrogen) atoms. The first-order valence-electron chi connectivity index (χ1n) is 8.32. The predicted octanol–water partition coefficient (Wildman–Crippen LogP) is 5.05. The molecule has 2 aliphatic rings. The minimum Gasteiger partial charge on any atom is -0.389 e. The third-order valence-electron chi connectivity index (χ3n) is 5.52. The lowest BCUT2D eigenvalue weighted by Crippen LogP contribution is -2.41. The molecule has 1 spiro atoms. The van der Waals surface area contributed by atoms with Gasteiger partial charge in [-0.1, -0.05) is 41.3 Å². The zero-order valence-electron chi connectivity index (χ0n) is 12.9. The summed E-state index contributed by atoms with van der Waals surface area (Å²) in [4.78, 5) is 2.48. The lowest BCUT2D eigenvalue weighted by atomic mass is 9.68. The molecule has 1 aromatic rings. The van der Waals surface area contributed by atoms with Crippen molar-refractivity contribution >= 4 is 21.6 Å². The Morgan fingerprint density at radius 1 is 1.10 bits per heavy atom. The number of hydrogen-bond donors (Lipinski definition) is 1. The number of anilines is 1. The average Bonchev–Trinajstić information content (AvgIpc) is 2.48. The van der Waals surface area contributed by atoms with Gasteiger partial charge in [-0.15, -0.1) is 0 Å². The first-order valence-corrected chi connectivity index (χ1v) is 9.11. The summed E-state index contributed by atoms with van der Waals surface area (Å²) in [7, 11) is 0. The summed E-state index contributed by atoms with van der Waals surface area (Å²) in [5, 5.41) is 10.0. The molecule has 1 saturated carbocycles. The van der Waals surface area contributed by atoms with Gasteiger partial charge in [0, 0.05) is 28.8 Å². The highest BCUT2D eigenvalue weighted by Gasteiger charge is 2.35. The van der Waals surface area contributed by atoms with Gasteiger partial charge in [0.2, 0.25) is 0 Å². The Morgan fingerprint density at radius 3 is 2.38 bits per heavy atom. The van der Waals surface area contributed by atoms with E-state index in [-0.39, 0.29) is 0 Å². The third kappa shape index (κ3) is 3.29. The summed E-state index contributed by atoms with van der Waals surface area (Å²) in [6.45, 7) is 4.13. The minimum absolute atomic E-state index is 0.404. The number of aliphatic hydroxyl groups is 1. The predicted molar refractivity (Wildman–Crippen MR) is 91.7 cm³/mol. The quantitative estimate of drug-likeness (QED) is 0.805. The van der Waals surface area contributed by atoms with Crippen molar-refractivity contribution in [3.05, 3.63) is 28.2 Å². The molecule has 3 heteroatoms. The molecule has 0 radical (unpaired) electrons. The second kappa shape index (κ2) is 6.29. The van der Waals surface area contributed by atoms with Crippen LogP contribution in [0.25, 0.3) is 0 Å². The van der Waals surface area contributed by atoms with E-state index in [4.69, 9.17) is 0 Å². The molecule has 1 atom stereocenters. The van der Waals surface area contributed by atoms with Gasteiger partial charge in [0.25, 0.3) is 0 Å². The first kappa shape index (κ1) is 15.4. The molecule has 116 valence electrons. The second-order valence-electron chi connectivity index (χ2n) is 6.93. The largest absolute Gasteiger partial charge is 0.389 e. The molecule has 1 aliphatic heterocycles. The van der Waals surface area contributed by atoms with Crippen molar-refractivity contribution in [1.82, 2.24) is 0 Å². The fourth-order valence-corrected chi connectivity index (χ4v) is 4.52. The zero-order chi connectivity index (χ0) is 14.9. The Balaban J connectivity index is 1.76. The SMILES string of the molecule is CC(O)c1ccc(Br)cc1N1CCC2(CCCCC2)CC1. The van der Waals surface area contributed by atoms with E-state index in [1.54, 1.807) is 0 Å². The number of nitrogens with zero attached hydrogens (tertiary/aromatic N) is 1. The van der Waals surface area contributed by atoms with Crippen molar-refractivity contribution in [2.75, 3.05) is 18.0 Å². The fourth-order valence-electron chi connectivity index (χ4n) is 4.17. The van der Waals surface area contributed by atoms with Crippen molar-refractivity contribution in [3.63, 3.8) is 0 Å². The number of halogens is 1. The summed E-state index contributed by atoms with van der Waals surface area (Å²) >= 11 is 3.57. The van der Waals surface area contributed by atoms with Crippen LogP contribution in [0, 0.1) is 5.41 Å². The van der Waals surface area contributed by atoms with Gasteiger partial charge >= 0.3 is 0 Å². The van der Waals surface area contributed by atoms with Crippen LogP contribution in [0.5, 0.6) is 0 Å². The molecule has 1 N–H and O–H groups in total. The average molecular weight is 352 g/mol. The summed E-state index contributed by atoms with van der Waals surface area (Å²) in [6.07, 6.45) is 9.39. The molecule has 0 aromatic heterocycles. The van der Waals surface area contributed by atoms with Crippen LogP contribution in [0.15, 0.2) is 22.7 Å². The van der Waals surface area contributed by atoms with Gasteiger partial charge in [0.1, 0.15) is 0 Å². The molecule has 0 bridgehead atoms. The van der Waals surface area contributed by atoms with Crippen molar-refractivity contribution in [2.45, 2.75) is 58.0 Å². The van der Waals surface area contributed by atoms with Crippen molar-refractivity contribution < 1.29 is 5.11 Å². The van der Waals surface area contributed by atoms with Crippen LogP contribution in [-0.4, -0.2) is 18.2 Å². The van der Waals surface area contributed by atoms with Crippen LogP contribution in [0.1, 0.15) is 63.5 Å². The lowest BCUT2D eigenvalue weighted by molar-refractivity contribution is 0.144. The van der Waals surface area contributed by atoms with Gasteiger partial charge in [-0.05, 0) is 50.2 Å². The van der Waals surface area contributed by atoms with Gasteiger partial charge in [-0.2, -0.15) is 0 Å². The van der Waals surface area contributed by atoms with E-state index >= 15 is 0 Å². The van der Waals surface area contributed by atoms with E-state index in [1.807, 2.05) is 13.0 Å². The van der Waals surface area contributed by atoms with Gasteiger partial charge in [0.15, 0.2) is 0 Å². The van der Waals surface area contributed by atoms with Crippen LogP contribution in [0.2, 0.25) is 0 Å². The number of piperidine rings is 1. The minimum atomic E-state index is -0.404. The maximum absolute atomic E-state index is 10.0. The highest BCUT2D eigenvalue weighted by atomic mass is 79.9. The van der Waals surface area contributed by atoms with Crippen LogP contribution in [-0.2, 0) is 0 Å². The molecule has 3 rings (SSSR count). The Hall–Kier alpha value is -0.540. The topological polar surface area (TPSA) is 23.5 Å². The van der Waals surface area contributed by atoms with Crippen LogP contribution in [0.4, 0.5) is 5.69 Å². The monoisotopic (exact) mass is 351 g/mol. The number of rotatable bonds is 2. The van der Waals surface area contributed by atoms with Gasteiger partial charge in [-0.3, -0.25) is 0 Å². The van der Waals surface area contributed by atoms with Crippen LogP contribution in [0.3, 0.4) is 0 Å². The zero-order valence-corrected chi connectivity index (χ0v) is 14.5.